The third-order valence-electron chi connectivity index (χ3n) is 6.59. The van der Waals surface area contributed by atoms with Crippen molar-refractivity contribution in [2.45, 2.75) is 118 Å². The first-order valence-electron chi connectivity index (χ1n) is 12.3. The van der Waals surface area contributed by atoms with Gasteiger partial charge in [-0.3, -0.25) is 4.55 Å². The van der Waals surface area contributed by atoms with Gasteiger partial charge in [-0.05, 0) is 90.3 Å². The highest BCUT2D eigenvalue weighted by atomic mass is 32.2. The summed E-state index contributed by atoms with van der Waals surface area (Å²) >= 11 is 0. The van der Waals surface area contributed by atoms with Gasteiger partial charge in [0.1, 0.15) is 4.90 Å². The molecule has 1 N–H and O–H groups in total. The van der Waals surface area contributed by atoms with Gasteiger partial charge in [-0.1, -0.05) is 66.7 Å². The Morgan fingerprint density at radius 1 is 0.548 bits per heavy atom. The summed E-state index contributed by atoms with van der Waals surface area (Å²) in [6.07, 6.45) is 9.77. The number of fused-ring (bicyclic) bond motifs is 1. The minimum absolute atomic E-state index is 0.154. The van der Waals surface area contributed by atoms with E-state index in [0.29, 0.717) is 5.56 Å². The summed E-state index contributed by atoms with van der Waals surface area (Å²) in [5.41, 5.74) is 8.30. The first kappa shape index (κ1) is 25.9. The zero-order chi connectivity index (χ0) is 23.3. The molecule has 0 unspecified atom stereocenters. The summed E-state index contributed by atoms with van der Waals surface area (Å²) < 4.78 is 35.9. The fourth-order valence-corrected chi connectivity index (χ4v) is 6.39. The molecule has 0 aliphatic carbocycles. The van der Waals surface area contributed by atoms with Crippen LogP contribution in [0.5, 0.6) is 0 Å². The van der Waals surface area contributed by atoms with Crippen molar-refractivity contribution < 1.29 is 13.0 Å². The molecule has 2 aromatic rings. The van der Waals surface area contributed by atoms with Crippen molar-refractivity contribution in [3.05, 3.63) is 38.9 Å². The Morgan fingerprint density at radius 3 is 1.29 bits per heavy atom. The van der Waals surface area contributed by atoms with Crippen LogP contribution in [0.3, 0.4) is 0 Å². The SMILES string of the molecule is CCCc1c(CCC)c(CCC)c2c(S(=O)(=O)O)c(C)c(C)c(CCC)c2c1CCC. The van der Waals surface area contributed by atoms with Crippen molar-refractivity contribution in [3.63, 3.8) is 0 Å². The summed E-state index contributed by atoms with van der Waals surface area (Å²) in [6, 6.07) is 0. The smallest absolute Gasteiger partial charge is 0.282 e. The van der Waals surface area contributed by atoms with Gasteiger partial charge in [0.05, 0.1) is 0 Å². The third-order valence-corrected chi connectivity index (χ3v) is 7.62. The predicted molar refractivity (Wildman–Crippen MR) is 133 cm³/mol. The van der Waals surface area contributed by atoms with E-state index in [2.05, 4.69) is 34.6 Å². The molecule has 0 fully saturated rings. The van der Waals surface area contributed by atoms with E-state index in [-0.39, 0.29) is 4.90 Å². The van der Waals surface area contributed by atoms with Crippen LogP contribution in [0.25, 0.3) is 10.8 Å². The molecule has 0 aromatic heterocycles. The molecule has 0 aliphatic heterocycles. The van der Waals surface area contributed by atoms with Crippen molar-refractivity contribution in [2.24, 2.45) is 0 Å². The maximum atomic E-state index is 12.8. The standard InChI is InChI=1S/C27H42O3S/c1-8-13-20-18(6)19(7)27(31(28,29)30)26-24(17-12-5)22(15-10-3)21(14-9-2)23(16-11-4)25(20)26/h8-17H2,1-7H3,(H,28,29,30). The van der Waals surface area contributed by atoms with Crippen LogP contribution in [0.2, 0.25) is 0 Å². The molecule has 3 nitrogen and oxygen atoms in total. The second-order valence-corrected chi connectivity index (χ2v) is 10.3. The van der Waals surface area contributed by atoms with Crippen molar-refractivity contribution >= 4 is 20.9 Å². The lowest BCUT2D eigenvalue weighted by Crippen LogP contribution is -2.14. The highest BCUT2D eigenvalue weighted by molar-refractivity contribution is 7.86. The highest BCUT2D eigenvalue weighted by Crippen LogP contribution is 2.42. The summed E-state index contributed by atoms with van der Waals surface area (Å²) in [5.74, 6) is 0. The first-order valence-corrected chi connectivity index (χ1v) is 13.7. The molecule has 0 spiro atoms. The van der Waals surface area contributed by atoms with E-state index in [4.69, 9.17) is 0 Å². The molecular formula is C27H42O3S. The van der Waals surface area contributed by atoms with Gasteiger partial charge in [-0.25, -0.2) is 0 Å². The van der Waals surface area contributed by atoms with E-state index in [9.17, 15) is 13.0 Å². The zero-order valence-electron chi connectivity index (χ0n) is 20.7. The Bertz CT molecular complexity index is 1030. The van der Waals surface area contributed by atoms with E-state index in [1.165, 1.54) is 22.3 Å². The van der Waals surface area contributed by atoms with E-state index in [0.717, 1.165) is 86.1 Å². The molecule has 4 heteroatoms. The lowest BCUT2D eigenvalue weighted by molar-refractivity contribution is 0.483. The van der Waals surface area contributed by atoms with E-state index in [1.54, 1.807) is 0 Å². The van der Waals surface area contributed by atoms with Crippen LogP contribution in [0.4, 0.5) is 0 Å². The summed E-state index contributed by atoms with van der Waals surface area (Å²) in [5, 5.41) is 1.95. The Kier molecular flexibility index (Phi) is 9.14. The Hall–Kier alpha value is -1.39. The first-order chi connectivity index (χ1) is 14.7. The van der Waals surface area contributed by atoms with Crippen LogP contribution in [0, 0.1) is 13.8 Å². The van der Waals surface area contributed by atoms with Gasteiger partial charge in [-0.15, -0.1) is 0 Å². The van der Waals surface area contributed by atoms with Crippen LogP contribution in [-0.2, 0) is 42.2 Å². The summed E-state index contributed by atoms with van der Waals surface area (Å²) in [6.45, 7) is 14.9. The maximum absolute atomic E-state index is 12.8. The fraction of sp³-hybridized carbons (Fsp3) is 0.630. The quantitative estimate of drug-likeness (QED) is 0.364. The zero-order valence-corrected chi connectivity index (χ0v) is 21.6. The lowest BCUT2D eigenvalue weighted by Gasteiger charge is -2.27. The third kappa shape index (κ3) is 5.01. The number of aryl methyl sites for hydroxylation is 3. The summed E-state index contributed by atoms with van der Waals surface area (Å²) in [7, 11) is -4.34. The molecule has 0 atom stereocenters. The minimum Gasteiger partial charge on any atom is -0.282 e. The van der Waals surface area contributed by atoms with Gasteiger partial charge in [0.2, 0.25) is 0 Å². The normalized spacial score (nSPS) is 12.1. The van der Waals surface area contributed by atoms with E-state index >= 15 is 0 Å². The van der Waals surface area contributed by atoms with Crippen molar-refractivity contribution in [1.82, 2.24) is 0 Å². The average Bonchev–Trinajstić information content (AvgIpc) is 2.69. The van der Waals surface area contributed by atoms with E-state index < -0.39 is 10.1 Å². The van der Waals surface area contributed by atoms with Gasteiger partial charge in [0, 0.05) is 5.39 Å². The molecule has 0 saturated heterocycles. The Balaban J connectivity index is 3.36. The second kappa shape index (κ2) is 11.0. The van der Waals surface area contributed by atoms with Gasteiger partial charge in [-0.2, -0.15) is 8.42 Å². The number of rotatable bonds is 11. The van der Waals surface area contributed by atoms with Crippen LogP contribution in [0.1, 0.15) is 106 Å². The molecule has 0 aliphatic rings. The largest absolute Gasteiger partial charge is 0.295 e. The van der Waals surface area contributed by atoms with Crippen LogP contribution >= 0.6 is 0 Å². The van der Waals surface area contributed by atoms with Crippen molar-refractivity contribution in [3.8, 4) is 0 Å². The number of hydrogen-bond acceptors (Lipinski definition) is 2. The Morgan fingerprint density at radius 2 is 0.903 bits per heavy atom. The van der Waals surface area contributed by atoms with Crippen LogP contribution < -0.4 is 0 Å². The molecule has 2 aromatic carbocycles. The minimum atomic E-state index is -4.34. The molecule has 0 bridgehead atoms. The van der Waals surface area contributed by atoms with Gasteiger partial charge in [0.15, 0.2) is 0 Å². The lowest BCUT2D eigenvalue weighted by atomic mass is 9.79. The fourth-order valence-electron chi connectivity index (χ4n) is 5.36. The maximum Gasteiger partial charge on any atom is 0.295 e. The molecular weight excluding hydrogens is 404 g/mol. The van der Waals surface area contributed by atoms with Crippen LogP contribution in [-0.4, -0.2) is 13.0 Å². The van der Waals surface area contributed by atoms with Gasteiger partial charge >= 0.3 is 0 Å². The predicted octanol–water partition coefficient (Wildman–Crippen LogP) is 7.47. The monoisotopic (exact) mass is 446 g/mol. The average molecular weight is 447 g/mol. The Labute approximate surface area is 190 Å². The molecule has 0 radical (unpaired) electrons. The van der Waals surface area contributed by atoms with Crippen molar-refractivity contribution in [1.29, 1.82) is 0 Å². The molecule has 2 rings (SSSR count). The van der Waals surface area contributed by atoms with Gasteiger partial charge < -0.3 is 0 Å². The second-order valence-electron chi connectivity index (χ2n) is 8.95. The van der Waals surface area contributed by atoms with Crippen LogP contribution in [0.15, 0.2) is 4.90 Å². The topological polar surface area (TPSA) is 54.4 Å². The number of hydrogen-bond donors (Lipinski definition) is 1. The van der Waals surface area contributed by atoms with Gasteiger partial charge in [0.25, 0.3) is 10.1 Å². The molecule has 31 heavy (non-hydrogen) atoms. The summed E-state index contributed by atoms with van der Waals surface area (Å²) in [4.78, 5) is 0.154. The molecule has 0 saturated carbocycles. The van der Waals surface area contributed by atoms with E-state index in [1.807, 2.05) is 13.8 Å². The van der Waals surface area contributed by atoms with Crippen molar-refractivity contribution in [2.75, 3.05) is 0 Å². The number of benzene rings is 2. The highest BCUT2D eigenvalue weighted by Gasteiger charge is 2.28. The molecule has 174 valence electrons. The molecule has 0 heterocycles. The molecule has 0 amide bonds.